The molecule has 0 aliphatic heterocycles. The molecule has 3 rings (SSSR count). The molecular weight excluding hydrogens is 264 g/mol. The summed E-state index contributed by atoms with van der Waals surface area (Å²) in [5, 5.41) is 4.28. The summed E-state index contributed by atoms with van der Waals surface area (Å²) in [7, 11) is 0. The van der Waals surface area contributed by atoms with E-state index in [4.69, 9.17) is 11.5 Å². The molecule has 21 heavy (non-hydrogen) atoms. The monoisotopic (exact) mass is 284 g/mol. The van der Waals surface area contributed by atoms with E-state index in [9.17, 15) is 4.79 Å². The summed E-state index contributed by atoms with van der Waals surface area (Å²) < 4.78 is 1.77. The summed E-state index contributed by atoms with van der Waals surface area (Å²) >= 11 is 0. The molecule has 0 radical (unpaired) electrons. The summed E-state index contributed by atoms with van der Waals surface area (Å²) in [6, 6.07) is 10.8. The third-order valence-corrected chi connectivity index (χ3v) is 4.36. The lowest BCUT2D eigenvalue weighted by Gasteiger charge is -2.30. The lowest BCUT2D eigenvalue weighted by molar-refractivity contribution is 0.100. The minimum atomic E-state index is -0.519. The Hall–Kier alpha value is -2.30. The molecule has 1 aromatic heterocycles. The highest BCUT2D eigenvalue weighted by molar-refractivity contribution is 5.96. The number of carbonyl (C=O) groups is 1. The Bertz CT molecular complexity index is 635. The van der Waals surface area contributed by atoms with Crippen LogP contribution in [-0.2, 0) is 0 Å². The zero-order valence-corrected chi connectivity index (χ0v) is 11.9. The molecule has 1 amide bonds. The zero-order chi connectivity index (χ0) is 14.8. The number of hydrogen-bond acceptors (Lipinski definition) is 3. The van der Waals surface area contributed by atoms with Gasteiger partial charge in [0.25, 0.3) is 5.91 Å². The van der Waals surface area contributed by atoms with Gasteiger partial charge in [-0.1, -0.05) is 36.8 Å². The van der Waals surface area contributed by atoms with Crippen LogP contribution in [0.15, 0.2) is 36.5 Å². The van der Waals surface area contributed by atoms with Crippen molar-refractivity contribution in [1.29, 1.82) is 0 Å². The van der Waals surface area contributed by atoms with E-state index in [2.05, 4.69) is 29.4 Å². The van der Waals surface area contributed by atoms with Crippen molar-refractivity contribution in [2.24, 2.45) is 5.73 Å². The van der Waals surface area contributed by atoms with Gasteiger partial charge >= 0.3 is 0 Å². The Morgan fingerprint density at radius 2 is 2.00 bits per heavy atom. The van der Waals surface area contributed by atoms with Crippen molar-refractivity contribution >= 4 is 11.7 Å². The molecule has 5 heteroatoms. The molecule has 0 spiro atoms. The number of hydrogen-bond donors (Lipinski definition) is 2. The van der Waals surface area contributed by atoms with Gasteiger partial charge in [0.05, 0.1) is 12.2 Å². The average Bonchev–Trinajstić information content (AvgIpc) is 2.90. The molecule has 5 nitrogen and oxygen atoms in total. The van der Waals surface area contributed by atoms with Crippen LogP contribution < -0.4 is 11.5 Å². The standard InChI is InChI=1S/C16H20N4O/c17-15-14(16(18)21)10-19-20(15)13-8-4-7-12(9-13)11-5-2-1-3-6-11/h1-3,5-6,10,12-13H,4,7-9,17H2,(H2,18,21). The Balaban J connectivity index is 1.82. The van der Waals surface area contributed by atoms with E-state index in [1.807, 2.05) is 6.07 Å². The van der Waals surface area contributed by atoms with Crippen LogP contribution in [0.4, 0.5) is 5.82 Å². The molecule has 1 aliphatic carbocycles. The maximum absolute atomic E-state index is 11.3. The smallest absolute Gasteiger partial charge is 0.254 e. The lowest BCUT2D eigenvalue weighted by atomic mass is 9.81. The number of primary amides is 1. The van der Waals surface area contributed by atoms with Crippen molar-refractivity contribution in [3.05, 3.63) is 47.7 Å². The summed E-state index contributed by atoms with van der Waals surface area (Å²) in [5.74, 6) is 0.390. The van der Waals surface area contributed by atoms with Crippen molar-refractivity contribution in [2.45, 2.75) is 37.6 Å². The van der Waals surface area contributed by atoms with Gasteiger partial charge < -0.3 is 11.5 Å². The molecule has 2 unspecified atom stereocenters. The highest BCUT2D eigenvalue weighted by Gasteiger charge is 2.27. The molecule has 0 saturated heterocycles. The highest BCUT2D eigenvalue weighted by Crippen LogP contribution is 2.39. The fourth-order valence-corrected chi connectivity index (χ4v) is 3.27. The second kappa shape index (κ2) is 5.60. The van der Waals surface area contributed by atoms with Gasteiger partial charge in [0.2, 0.25) is 0 Å². The number of benzene rings is 1. The quantitative estimate of drug-likeness (QED) is 0.907. The van der Waals surface area contributed by atoms with Crippen LogP contribution in [0.2, 0.25) is 0 Å². The van der Waals surface area contributed by atoms with E-state index in [1.165, 1.54) is 18.2 Å². The van der Waals surface area contributed by atoms with Gasteiger partial charge in [0.15, 0.2) is 0 Å². The van der Waals surface area contributed by atoms with Crippen LogP contribution >= 0.6 is 0 Å². The van der Waals surface area contributed by atoms with E-state index in [-0.39, 0.29) is 6.04 Å². The summed E-state index contributed by atoms with van der Waals surface area (Å²) in [4.78, 5) is 11.3. The van der Waals surface area contributed by atoms with Gasteiger partial charge in [-0.25, -0.2) is 4.68 Å². The third-order valence-electron chi connectivity index (χ3n) is 4.36. The molecule has 1 aromatic carbocycles. The van der Waals surface area contributed by atoms with Crippen molar-refractivity contribution in [1.82, 2.24) is 9.78 Å². The number of carbonyl (C=O) groups excluding carboxylic acids is 1. The predicted molar refractivity (Wildman–Crippen MR) is 81.8 cm³/mol. The van der Waals surface area contributed by atoms with Gasteiger partial charge in [0.1, 0.15) is 11.4 Å². The summed E-state index contributed by atoms with van der Waals surface area (Å²) in [6.07, 6.45) is 5.82. The lowest BCUT2D eigenvalue weighted by Crippen LogP contribution is -2.21. The maximum atomic E-state index is 11.3. The summed E-state index contributed by atoms with van der Waals surface area (Å²) in [6.45, 7) is 0. The van der Waals surface area contributed by atoms with Crippen molar-refractivity contribution in [3.8, 4) is 0 Å². The fourth-order valence-electron chi connectivity index (χ4n) is 3.27. The molecule has 110 valence electrons. The van der Waals surface area contributed by atoms with Gasteiger partial charge in [-0.3, -0.25) is 4.79 Å². The molecule has 1 aliphatic rings. The first-order valence-electron chi connectivity index (χ1n) is 7.34. The Kier molecular flexibility index (Phi) is 3.64. The van der Waals surface area contributed by atoms with E-state index in [1.54, 1.807) is 4.68 Å². The zero-order valence-electron chi connectivity index (χ0n) is 11.9. The molecule has 2 atom stereocenters. The van der Waals surface area contributed by atoms with Crippen LogP contribution in [0, 0.1) is 0 Å². The van der Waals surface area contributed by atoms with Gasteiger partial charge in [-0.05, 0) is 30.7 Å². The number of nitrogens with zero attached hydrogens (tertiary/aromatic N) is 2. The number of amides is 1. The Morgan fingerprint density at radius 3 is 2.67 bits per heavy atom. The molecule has 1 saturated carbocycles. The van der Waals surface area contributed by atoms with Crippen molar-refractivity contribution in [2.75, 3.05) is 5.73 Å². The van der Waals surface area contributed by atoms with E-state index < -0.39 is 5.91 Å². The Labute approximate surface area is 123 Å². The molecule has 1 heterocycles. The minimum absolute atomic E-state index is 0.233. The van der Waals surface area contributed by atoms with Crippen LogP contribution in [0.25, 0.3) is 0 Å². The van der Waals surface area contributed by atoms with Crippen LogP contribution in [0.1, 0.15) is 53.6 Å². The molecule has 2 aromatic rings. The van der Waals surface area contributed by atoms with Gasteiger partial charge in [0, 0.05) is 0 Å². The number of nitrogens with two attached hydrogens (primary N) is 2. The number of nitrogen functional groups attached to an aromatic ring is 1. The highest BCUT2D eigenvalue weighted by atomic mass is 16.1. The molecule has 0 bridgehead atoms. The Morgan fingerprint density at radius 1 is 1.24 bits per heavy atom. The normalized spacial score (nSPS) is 22.1. The summed E-state index contributed by atoms with van der Waals surface area (Å²) in [5.41, 5.74) is 13.0. The first-order chi connectivity index (χ1) is 10.2. The van der Waals surface area contributed by atoms with Crippen molar-refractivity contribution in [3.63, 3.8) is 0 Å². The second-order valence-electron chi connectivity index (χ2n) is 5.68. The van der Waals surface area contributed by atoms with Crippen molar-refractivity contribution < 1.29 is 4.79 Å². The molecule has 4 N–H and O–H groups in total. The maximum Gasteiger partial charge on any atom is 0.254 e. The topological polar surface area (TPSA) is 86.9 Å². The first kappa shape index (κ1) is 13.7. The van der Waals surface area contributed by atoms with Crippen LogP contribution in [0.5, 0.6) is 0 Å². The van der Waals surface area contributed by atoms with Crippen LogP contribution in [-0.4, -0.2) is 15.7 Å². The number of rotatable bonds is 3. The van der Waals surface area contributed by atoms with Crippen LogP contribution in [0.3, 0.4) is 0 Å². The van der Waals surface area contributed by atoms with E-state index in [0.717, 1.165) is 19.3 Å². The number of anilines is 1. The largest absolute Gasteiger partial charge is 0.383 e. The third kappa shape index (κ3) is 2.63. The first-order valence-corrected chi connectivity index (χ1v) is 7.34. The van der Waals surface area contributed by atoms with Gasteiger partial charge in [-0.15, -0.1) is 0 Å². The number of aromatic nitrogens is 2. The second-order valence-corrected chi connectivity index (χ2v) is 5.68. The molecular formula is C16H20N4O. The predicted octanol–water partition coefficient (Wildman–Crippen LogP) is 2.46. The van der Waals surface area contributed by atoms with E-state index >= 15 is 0 Å². The fraction of sp³-hybridized carbons (Fsp3) is 0.375. The van der Waals surface area contributed by atoms with Gasteiger partial charge in [-0.2, -0.15) is 5.10 Å². The van der Waals surface area contributed by atoms with E-state index in [0.29, 0.717) is 17.3 Å². The molecule has 1 fully saturated rings. The minimum Gasteiger partial charge on any atom is -0.383 e. The SMILES string of the molecule is NC(=O)c1cnn(C2CCCC(c3ccccc3)C2)c1N. The average molecular weight is 284 g/mol.